The average Bonchev–Trinajstić information content (AvgIpc) is 3.28. The number of nitrogens with zero attached hydrogens (tertiary/aromatic N) is 2. The Morgan fingerprint density at radius 3 is 2.32 bits per heavy atom. The lowest BCUT2D eigenvalue weighted by Crippen LogP contribution is -2.53. The minimum Gasteiger partial charge on any atom is -0.391 e. The van der Waals surface area contributed by atoms with Crippen molar-refractivity contribution in [1.82, 2.24) is 9.80 Å². The van der Waals surface area contributed by atoms with E-state index in [0.717, 1.165) is 32.8 Å². The van der Waals surface area contributed by atoms with Gasteiger partial charge in [-0.15, -0.1) is 0 Å². The molecule has 1 saturated carbocycles. The molecule has 0 radical (unpaired) electrons. The van der Waals surface area contributed by atoms with E-state index in [2.05, 4.69) is 25.7 Å². The van der Waals surface area contributed by atoms with Crippen molar-refractivity contribution in [3.63, 3.8) is 0 Å². The molecule has 2 rings (SSSR count). The summed E-state index contributed by atoms with van der Waals surface area (Å²) >= 11 is 0. The van der Waals surface area contributed by atoms with E-state index >= 15 is 0 Å². The largest absolute Gasteiger partial charge is 0.391 e. The van der Waals surface area contributed by atoms with Crippen LogP contribution >= 0.6 is 0 Å². The predicted octanol–water partition coefficient (Wildman–Crippen LogP) is 1.35. The van der Waals surface area contributed by atoms with Crippen molar-refractivity contribution in [1.29, 1.82) is 0 Å². The van der Waals surface area contributed by atoms with Gasteiger partial charge in [-0.3, -0.25) is 9.69 Å². The van der Waals surface area contributed by atoms with Gasteiger partial charge in [0.25, 0.3) is 5.91 Å². The van der Waals surface area contributed by atoms with Crippen LogP contribution in [-0.2, 0) is 9.53 Å². The Hall–Kier alpha value is -0.650. The topological polar surface area (TPSA) is 53.0 Å². The molecule has 1 heterocycles. The first-order valence-electron chi connectivity index (χ1n) is 8.58. The molecule has 0 aromatic carbocycles. The van der Waals surface area contributed by atoms with Crippen molar-refractivity contribution in [2.75, 3.05) is 39.3 Å². The van der Waals surface area contributed by atoms with Crippen LogP contribution < -0.4 is 0 Å². The summed E-state index contributed by atoms with van der Waals surface area (Å²) in [7, 11) is 0. The van der Waals surface area contributed by atoms with Crippen LogP contribution in [0.3, 0.4) is 0 Å². The molecule has 1 aliphatic carbocycles. The molecule has 0 bridgehead atoms. The van der Waals surface area contributed by atoms with E-state index < -0.39 is 0 Å². The summed E-state index contributed by atoms with van der Waals surface area (Å²) in [6.07, 6.45) is 1.83. The van der Waals surface area contributed by atoms with E-state index in [4.69, 9.17) is 4.74 Å². The van der Waals surface area contributed by atoms with Gasteiger partial charge in [0.1, 0.15) is 6.10 Å². The number of carbonyl (C=O) groups excluding carboxylic acids is 1. The molecule has 0 spiro atoms. The molecule has 2 aliphatic rings. The Kier molecular flexibility index (Phi) is 5.86. The fraction of sp³-hybridized carbons (Fsp3) is 0.941. The van der Waals surface area contributed by atoms with E-state index in [1.165, 1.54) is 12.8 Å². The van der Waals surface area contributed by atoms with E-state index in [-0.39, 0.29) is 23.5 Å². The summed E-state index contributed by atoms with van der Waals surface area (Å²) in [5, 5.41) is 10.2. The van der Waals surface area contributed by atoms with Gasteiger partial charge in [-0.1, -0.05) is 20.8 Å². The van der Waals surface area contributed by atoms with Gasteiger partial charge in [-0.25, -0.2) is 0 Å². The normalized spacial score (nSPS) is 23.4. The second-order valence-electron chi connectivity index (χ2n) is 7.93. The third-order valence-electron chi connectivity index (χ3n) is 4.74. The quantitative estimate of drug-likeness (QED) is 0.804. The minimum absolute atomic E-state index is 0.0991. The molecule has 2 fully saturated rings. The maximum Gasteiger partial charge on any atom is 0.251 e. The van der Waals surface area contributed by atoms with Crippen LogP contribution in [0.15, 0.2) is 0 Å². The van der Waals surface area contributed by atoms with E-state index in [1.54, 1.807) is 0 Å². The summed E-state index contributed by atoms with van der Waals surface area (Å²) in [5.41, 5.74) is -0.0991. The van der Waals surface area contributed by atoms with Gasteiger partial charge in [0, 0.05) is 32.7 Å². The first-order valence-corrected chi connectivity index (χ1v) is 8.58. The molecule has 128 valence electrons. The van der Waals surface area contributed by atoms with Gasteiger partial charge >= 0.3 is 0 Å². The number of piperazine rings is 1. The van der Waals surface area contributed by atoms with E-state index in [1.807, 2.05) is 11.8 Å². The lowest BCUT2D eigenvalue weighted by atomic mass is 9.89. The third kappa shape index (κ3) is 5.21. The molecule has 5 nitrogen and oxygen atoms in total. The van der Waals surface area contributed by atoms with Crippen molar-refractivity contribution in [3.05, 3.63) is 0 Å². The zero-order valence-electron chi connectivity index (χ0n) is 14.5. The highest BCUT2D eigenvalue weighted by Gasteiger charge is 2.30. The molecule has 1 saturated heterocycles. The van der Waals surface area contributed by atoms with Crippen molar-refractivity contribution in [2.24, 2.45) is 11.3 Å². The fourth-order valence-corrected chi connectivity index (χ4v) is 2.56. The monoisotopic (exact) mass is 312 g/mol. The summed E-state index contributed by atoms with van der Waals surface area (Å²) in [6.45, 7) is 12.5. The Labute approximate surface area is 134 Å². The number of amides is 1. The van der Waals surface area contributed by atoms with Gasteiger partial charge in [0.05, 0.1) is 12.7 Å². The van der Waals surface area contributed by atoms with Gasteiger partial charge in [-0.2, -0.15) is 0 Å². The second-order valence-corrected chi connectivity index (χ2v) is 7.93. The molecule has 0 aromatic rings. The van der Waals surface area contributed by atoms with Gasteiger partial charge in [0.2, 0.25) is 0 Å². The molecule has 5 heteroatoms. The number of hydrogen-bond donors (Lipinski definition) is 1. The van der Waals surface area contributed by atoms with Crippen LogP contribution in [0, 0.1) is 11.3 Å². The molecular formula is C17H32N2O3. The first-order chi connectivity index (χ1) is 10.3. The number of ether oxygens (including phenoxy) is 1. The number of β-amino-alcohol motifs (C(OH)–C–C–N with tert-alkyl or cyclic N) is 1. The number of hydrogen-bond acceptors (Lipinski definition) is 4. The first kappa shape index (κ1) is 17.7. The van der Waals surface area contributed by atoms with Crippen LogP contribution in [0.1, 0.15) is 40.5 Å². The van der Waals surface area contributed by atoms with Gasteiger partial charge < -0.3 is 14.7 Å². The van der Waals surface area contributed by atoms with Crippen LogP contribution in [0.5, 0.6) is 0 Å². The lowest BCUT2D eigenvalue weighted by Gasteiger charge is -2.38. The Bertz CT molecular complexity index is 369. The summed E-state index contributed by atoms with van der Waals surface area (Å²) < 4.78 is 5.67. The van der Waals surface area contributed by atoms with E-state index in [0.29, 0.717) is 12.5 Å². The molecule has 1 amide bonds. The zero-order valence-corrected chi connectivity index (χ0v) is 14.5. The molecule has 2 atom stereocenters. The molecule has 22 heavy (non-hydrogen) atoms. The minimum atomic E-state index is -0.337. The zero-order chi connectivity index (χ0) is 16.3. The number of carbonyl (C=O) groups is 1. The van der Waals surface area contributed by atoms with Gasteiger partial charge in [-0.05, 0) is 31.1 Å². The van der Waals surface area contributed by atoms with Crippen LogP contribution in [0.4, 0.5) is 0 Å². The molecule has 0 aromatic heterocycles. The van der Waals surface area contributed by atoms with Crippen molar-refractivity contribution in [3.8, 4) is 0 Å². The Morgan fingerprint density at radius 1 is 1.23 bits per heavy atom. The Balaban J connectivity index is 1.70. The third-order valence-corrected chi connectivity index (χ3v) is 4.74. The van der Waals surface area contributed by atoms with Crippen molar-refractivity contribution in [2.45, 2.75) is 52.7 Å². The Morgan fingerprint density at radius 2 is 1.82 bits per heavy atom. The van der Waals surface area contributed by atoms with E-state index in [9.17, 15) is 9.90 Å². The molecular weight excluding hydrogens is 280 g/mol. The highest BCUT2D eigenvalue weighted by atomic mass is 16.5. The smallest absolute Gasteiger partial charge is 0.251 e. The second kappa shape index (κ2) is 7.28. The average molecular weight is 312 g/mol. The van der Waals surface area contributed by atoms with Crippen molar-refractivity contribution < 1.29 is 14.6 Å². The molecule has 1 aliphatic heterocycles. The van der Waals surface area contributed by atoms with Crippen LogP contribution in [0.2, 0.25) is 0 Å². The highest BCUT2D eigenvalue weighted by molar-refractivity contribution is 5.80. The lowest BCUT2D eigenvalue weighted by molar-refractivity contribution is -0.145. The molecule has 2 unspecified atom stereocenters. The highest BCUT2D eigenvalue weighted by Crippen LogP contribution is 2.29. The summed E-state index contributed by atoms with van der Waals surface area (Å²) in [4.78, 5) is 16.5. The number of aliphatic hydroxyl groups excluding tert-OH is 1. The molecule has 1 N–H and O–H groups in total. The van der Waals surface area contributed by atoms with Crippen LogP contribution in [-0.4, -0.2) is 72.4 Å². The van der Waals surface area contributed by atoms with Crippen LogP contribution in [0.25, 0.3) is 0 Å². The fourth-order valence-electron chi connectivity index (χ4n) is 2.56. The maximum atomic E-state index is 12.4. The number of rotatable bonds is 6. The predicted molar refractivity (Wildman–Crippen MR) is 86.6 cm³/mol. The number of aliphatic hydroxyl groups is 1. The SMILES string of the molecule is CC(OCC1CC1)C(=O)N1CCN(CC(O)C(C)(C)C)CC1. The summed E-state index contributed by atoms with van der Waals surface area (Å²) in [6, 6.07) is 0. The van der Waals surface area contributed by atoms with Gasteiger partial charge in [0.15, 0.2) is 0 Å². The standard InChI is InChI=1S/C17H32N2O3/c1-13(22-12-14-5-6-14)16(21)19-9-7-18(8-10-19)11-15(20)17(2,3)4/h13-15,20H,5-12H2,1-4H3. The maximum absolute atomic E-state index is 12.4. The van der Waals surface area contributed by atoms with Crippen molar-refractivity contribution >= 4 is 5.91 Å². The summed E-state index contributed by atoms with van der Waals surface area (Å²) in [5.74, 6) is 0.794.